The molecule has 4 heteroatoms. The maximum Gasteiger partial charge on any atom is 0.127 e. The summed E-state index contributed by atoms with van der Waals surface area (Å²) in [6.07, 6.45) is 2.29. The van der Waals surface area contributed by atoms with Crippen LogP contribution >= 0.6 is 0 Å². The molecular formula is C14H20N2O2. The monoisotopic (exact) mass is 248 g/mol. The molecule has 0 unspecified atom stereocenters. The van der Waals surface area contributed by atoms with E-state index in [-0.39, 0.29) is 6.04 Å². The summed E-state index contributed by atoms with van der Waals surface area (Å²) in [5.41, 5.74) is 6.86. The van der Waals surface area contributed by atoms with Crippen molar-refractivity contribution in [3.8, 4) is 17.6 Å². The van der Waals surface area contributed by atoms with Crippen LogP contribution in [0.25, 0.3) is 0 Å². The van der Waals surface area contributed by atoms with Crippen LogP contribution < -0.4 is 15.2 Å². The second kappa shape index (κ2) is 7.57. The Labute approximate surface area is 108 Å². The minimum absolute atomic E-state index is 0.0787. The van der Waals surface area contributed by atoms with Gasteiger partial charge in [0.25, 0.3) is 0 Å². The lowest BCUT2D eigenvalue weighted by Gasteiger charge is -2.15. The summed E-state index contributed by atoms with van der Waals surface area (Å²) < 4.78 is 10.9. The van der Waals surface area contributed by atoms with E-state index in [0.717, 1.165) is 29.9 Å². The lowest BCUT2D eigenvalue weighted by Crippen LogP contribution is -2.09. The highest BCUT2D eigenvalue weighted by Gasteiger charge is 2.09. The van der Waals surface area contributed by atoms with Gasteiger partial charge in [-0.25, -0.2) is 0 Å². The predicted octanol–water partition coefficient (Wildman–Crippen LogP) is 2.79. The van der Waals surface area contributed by atoms with Gasteiger partial charge in [0.1, 0.15) is 11.5 Å². The average Bonchev–Trinajstić information content (AvgIpc) is 2.38. The number of benzene rings is 1. The number of ether oxygens (including phenoxy) is 2. The molecule has 1 atom stereocenters. The van der Waals surface area contributed by atoms with E-state index < -0.39 is 0 Å². The van der Waals surface area contributed by atoms with E-state index in [1.165, 1.54) is 0 Å². The summed E-state index contributed by atoms with van der Waals surface area (Å²) in [5.74, 6) is 1.52. The fraction of sp³-hybridized carbons (Fsp3) is 0.500. The minimum Gasteiger partial charge on any atom is -0.497 e. The van der Waals surface area contributed by atoms with Gasteiger partial charge in [-0.3, -0.25) is 0 Å². The molecule has 1 rings (SSSR count). The molecule has 0 saturated heterocycles. The summed E-state index contributed by atoms with van der Waals surface area (Å²) in [5, 5.41) is 8.44. The third-order valence-electron chi connectivity index (χ3n) is 2.65. The Morgan fingerprint density at radius 2 is 2.17 bits per heavy atom. The van der Waals surface area contributed by atoms with Crippen molar-refractivity contribution >= 4 is 0 Å². The molecule has 0 aliphatic carbocycles. The molecule has 1 aromatic rings. The Kier molecular flexibility index (Phi) is 6.03. The third-order valence-corrected chi connectivity index (χ3v) is 2.65. The van der Waals surface area contributed by atoms with E-state index in [1.807, 2.05) is 25.1 Å². The topological polar surface area (TPSA) is 68.3 Å². The predicted molar refractivity (Wildman–Crippen MR) is 70.6 cm³/mol. The number of nitrogens with zero attached hydrogens (tertiary/aromatic N) is 1. The number of nitrogens with two attached hydrogens (primary N) is 1. The SMILES string of the molecule is COc1ccc([C@@H](C)N)c(OCCCCC#N)c1. The van der Waals surface area contributed by atoms with Crippen LogP contribution in [0.2, 0.25) is 0 Å². The van der Waals surface area contributed by atoms with Crippen molar-refractivity contribution in [2.24, 2.45) is 5.73 Å². The zero-order valence-electron chi connectivity index (χ0n) is 11.0. The van der Waals surface area contributed by atoms with E-state index in [2.05, 4.69) is 6.07 Å². The lowest BCUT2D eigenvalue weighted by molar-refractivity contribution is 0.301. The van der Waals surface area contributed by atoms with Crippen molar-refractivity contribution in [2.45, 2.75) is 32.2 Å². The molecule has 0 amide bonds. The molecule has 0 fully saturated rings. The van der Waals surface area contributed by atoms with Crippen LogP contribution in [-0.2, 0) is 0 Å². The van der Waals surface area contributed by atoms with Gasteiger partial charge in [-0.2, -0.15) is 5.26 Å². The molecule has 1 aromatic carbocycles. The van der Waals surface area contributed by atoms with Crippen LogP contribution in [0.1, 0.15) is 37.8 Å². The minimum atomic E-state index is -0.0787. The van der Waals surface area contributed by atoms with Crippen molar-refractivity contribution in [3.05, 3.63) is 23.8 Å². The van der Waals surface area contributed by atoms with Crippen LogP contribution in [0.3, 0.4) is 0 Å². The molecule has 98 valence electrons. The molecule has 0 spiro atoms. The molecule has 0 radical (unpaired) electrons. The summed E-state index contributed by atoms with van der Waals surface area (Å²) in [7, 11) is 1.62. The zero-order valence-corrected chi connectivity index (χ0v) is 11.0. The second-order valence-electron chi connectivity index (χ2n) is 4.16. The summed E-state index contributed by atoms with van der Waals surface area (Å²) in [6.45, 7) is 2.51. The highest BCUT2D eigenvalue weighted by Crippen LogP contribution is 2.28. The standard InChI is InChI=1S/C14H20N2O2/c1-11(16)13-7-6-12(17-2)10-14(13)18-9-5-3-4-8-15/h6-7,10-11H,3-5,9,16H2,1-2H3/t11-/m1/s1. The van der Waals surface area contributed by atoms with Gasteiger partial charge in [-0.15, -0.1) is 0 Å². The normalized spacial score (nSPS) is 11.7. The van der Waals surface area contributed by atoms with E-state index >= 15 is 0 Å². The van der Waals surface area contributed by atoms with Crippen LogP contribution in [-0.4, -0.2) is 13.7 Å². The lowest BCUT2D eigenvalue weighted by atomic mass is 10.1. The van der Waals surface area contributed by atoms with Gasteiger partial charge in [0.05, 0.1) is 19.8 Å². The van der Waals surface area contributed by atoms with Crippen LogP contribution in [0.4, 0.5) is 0 Å². The highest BCUT2D eigenvalue weighted by molar-refractivity contribution is 5.42. The molecule has 4 nitrogen and oxygen atoms in total. The fourth-order valence-corrected chi connectivity index (χ4v) is 1.63. The number of nitriles is 1. The van der Waals surface area contributed by atoms with Gasteiger partial charge in [0.2, 0.25) is 0 Å². The summed E-state index contributed by atoms with van der Waals surface area (Å²) in [6, 6.07) is 7.69. The molecule has 2 N–H and O–H groups in total. The van der Waals surface area contributed by atoms with Crippen molar-refractivity contribution in [1.29, 1.82) is 5.26 Å². The maximum absolute atomic E-state index is 8.44. The van der Waals surface area contributed by atoms with Gasteiger partial charge >= 0.3 is 0 Å². The Morgan fingerprint density at radius 1 is 1.39 bits per heavy atom. The first-order valence-electron chi connectivity index (χ1n) is 6.12. The fourth-order valence-electron chi connectivity index (χ4n) is 1.63. The largest absolute Gasteiger partial charge is 0.497 e. The van der Waals surface area contributed by atoms with Gasteiger partial charge in [-0.05, 0) is 25.8 Å². The number of unbranched alkanes of at least 4 members (excludes halogenated alkanes) is 2. The highest BCUT2D eigenvalue weighted by atomic mass is 16.5. The molecular weight excluding hydrogens is 228 g/mol. The van der Waals surface area contributed by atoms with Gasteiger partial charge in [0, 0.05) is 24.1 Å². The number of rotatable bonds is 7. The van der Waals surface area contributed by atoms with Gasteiger partial charge < -0.3 is 15.2 Å². The van der Waals surface area contributed by atoms with Crippen molar-refractivity contribution in [3.63, 3.8) is 0 Å². The maximum atomic E-state index is 8.44. The Bertz CT molecular complexity index is 411. The molecule has 0 aromatic heterocycles. The van der Waals surface area contributed by atoms with Crippen LogP contribution in [0.15, 0.2) is 18.2 Å². The molecule has 0 heterocycles. The Morgan fingerprint density at radius 3 is 2.78 bits per heavy atom. The Hall–Kier alpha value is -1.73. The molecule has 18 heavy (non-hydrogen) atoms. The quantitative estimate of drug-likeness (QED) is 0.753. The van der Waals surface area contributed by atoms with E-state index in [4.69, 9.17) is 20.5 Å². The first-order chi connectivity index (χ1) is 8.69. The van der Waals surface area contributed by atoms with Crippen molar-refractivity contribution < 1.29 is 9.47 Å². The molecule has 0 saturated carbocycles. The van der Waals surface area contributed by atoms with E-state index in [1.54, 1.807) is 7.11 Å². The van der Waals surface area contributed by atoms with E-state index in [0.29, 0.717) is 13.0 Å². The smallest absolute Gasteiger partial charge is 0.127 e. The summed E-state index contributed by atoms with van der Waals surface area (Å²) in [4.78, 5) is 0. The zero-order chi connectivity index (χ0) is 13.4. The second-order valence-corrected chi connectivity index (χ2v) is 4.16. The van der Waals surface area contributed by atoms with Crippen LogP contribution in [0.5, 0.6) is 11.5 Å². The number of hydrogen-bond acceptors (Lipinski definition) is 4. The summed E-state index contributed by atoms with van der Waals surface area (Å²) >= 11 is 0. The first-order valence-corrected chi connectivity index (χ1v) is 6.12. The van der Waals surface area contributed by atoms with Gasteiger partial charge in [0.15, 0.2) is 0 Å². The van der Waals surface area contributed by atoms with Gasteiger partial charge in [-0.1, -0.05) is 6.07 Å². The van der Waals surface area contributed by atoms with Crippen molar-refractivity contribution in [2.75, 3.05) is 13.7 Å². The number of methoxy groups -OCH3 is 1. The average molecular weight is 248 g/mol. The Balaban J connectivity index is 2.63. The number of hydrogen-bond donors (Lipinski definition) is 1. The first kappa shape index (κ1) is 14.3. The van der Waals surface area contributed by atoms with Crippen molar-refractivity contribution in [1.82, 2.24) is 0 Å². The van der Waals surface area contributed by atoms with E-state index in [9.17, 15) is 0 Å². The molecule has 0 aliphatic rings. The van der Waals surface area contributed by atoms with Crippen LogP contribution in [0, 0.1) is 11.3 Å². The molecule has 0 bridgehead atoms. The third kappa shape index (κ3) is 4.27. The molecule has 0 aliphatic heterocycles.